The molecular weight excluding hydrogens is 238 g/mol. The van der Waals surface area contributed by atoms with E-state index in [0.717, 1.165) is 23.8 Å². The number of benzene rings is 1. The summed E-state index contributed by atoms with van der Waals surface area (Å²) in [5, 5.41) is 3.43. The Morgan fingerprint density at radius 2 is 1.84 bits per heavy atom. The van der Waals surface area contributed by atoms with Crippen molar-refractivity contribution in [3.8, 4) is 11.5 Å². The molecule has 3 heteroatoms. The molecule has 0 radical (unpaired) electrons. The maximum absolute atomic E-state index is 5.63. The first-order valence-corrected chi connectivity index (χ1v) is 7.51. The summed E-state index contributed by atoms with van der Waals surface area (Å²) in [4.78, 5) is 0. The van der Waals surface area contributed by atoms with Crippen molar-refractivity contribution in [1.82, 2.24) is 5.32 Å². The molecule has 2 heterocycles. The summed E-state index contributed by atoms with van der Waals surface area (Å²) >= 11 is 0. The van der Waals surface area contributed by atoms with Crippen LogP contribution in [0.25, 0.3) is 0 Å². The predicted octanol–water partition coefficient (Wildman–Crippen LogP) is 2.78. The first-order chi connectivity index (χ1) is 9.42. The van der Waals surface area contributed by atoms with Crippen LogP contribution in [0.1, 0.15) is 31.2 Å². The average Bonchev–Trinajstić information content (AvgIpc) is 2.48. The Labute approximate surface area is 115 Å². The van der Waals surface area contributed by atoms with Crippen molar-refractivity contribution in [3.63, 3.8) is 0 Å². The molecule has 0 bridgehead atoms. The van der Waals surface area contributed by atoms with Crippen molar-refractivity contribution in [1.29, 1.82) is 0 Å². The van der Waals surface area contributed by atoms with Crippen LogP contribution in [0.5, 0.6) is 11.5 Å². The van der Waals surface area contributed by atoms with Crippen LogP contribution in [0.15, 0.2) is 18.2 Å². The molecule has 3 rings (SSSR count). The lowest BCUT2D eigenvalue weighted by Gasteiger charge is -2.22. The second-order valence-electron chi connectivity index (χ2n) is 5.56. The molecule has 3 nitrogen and oxygen atoms in total. The number of rotatable bonds is 4. The molecule has 2 aliphatic heterocycles. The number of nitrogens with one attached hydrogen (secondary N) is 1. The molecule has 0 spiro atoms. The smallest absolute Gasteiger partial charge is 0.161 e. The second kappa shape index (κ2) is 6.29. The number of fused-ring (bicyclic) bond motifs is 1. The van der Waals surface area contributed by atoms with E-state index in [4.69, 9.17) is 9.47 Å². The Hall–Kier alpha value is -1.22. The van der Waals surface area contributed by atoms with Crippen LogP contribution >= 0.6 is 0 Å². The van der Waals surface area contributed by atoms with E-state index in [1.165, 1.54) is 44.3 Å². The van der Waals surface area contributed by atoms with Gasteiger partial charge in [-0.2, -0.15) is 0 Å². The summed E-state index contributed by atoms with van der Waals surface area (Å²) in [7, 11) is 0. The number of ether oxygens (including phenoxy) is 2. The minimum atomic E-state index is 0.669. The van der Waals surface area contributed by atoms with Crippen LogP contribution in [0.4, 0.5) is 0 Å². The zero-order chi connectivity index (χ0) is 12.9. The van der Waals surface area contributed by atoms with Crippen molar-refractivity contribution in [2.24, 2.45) is 5.92 Å². The summed E-state index contributed by atoms with van der Waals surface area (Å²) in [6.07, 6.45) is 6.49. The summed E-state index contributed by atoms with van der Waals surface area (Å²) in [5.41, 5.74) is 1.37. The highest BCUT2D eigenvalue weighted by atomic mass is 16.6. The van der Waals surface area contributed by atoms with Gasteiger partial charge in [0.15, 0.2) is 11.5 Å². The molecule has 0 saturated carbocycles. The van der Waals surface area contributed by atoms with E-state index >= 15 is 0 Å². The minimum absolute atomic E-state index is 0.669. The van der Waals surface area contributed by atoms with Gasteiger partial charge in [-0.05, 0) is 62.4 Å². The van der Waals surface area contributed by atoms with Gasteiger partial charge in [0.25, 0.3) is 0 Å². The summed E-state index contributed by atoms with van der Waals surface area (Å²) in [6.45, 7) is 3.75. The van der Waals surface area contributed by atoms with Crippen molar-refractivity contribution >= 4 is 0 Å². The van der Waals surface area contributed by atoms with Gasteiger partial charge in [0.1, 0.15) is 13.2 Å². The highest BCUT2D eigenvalue weighted by Crippen LogP contribution is 2.31. The van der Waals surface area contributed by atoms with Gasteiger partial charge in [0.05, 0.1) is 0 Å². The minimum Gasteiger partial charge on any atom is -0.486 e. The molecule has 1 N–H and O–H groups in total. The lowest BCUT2D eigenvalue weighted by molar-refractivity contribution is 0.171. The molecular formula is C16H23NO2. The topological polar surface area (TPSA) is 30.5 Å². The molecule has 0 amide bonds. The lowest BCUT2D eigenvalue weighted by atomic mass is 9.91. The Morgan fingerprint density at radius 3 is 2.68 bits per heavy atom. The van der Waals surface area contributed by atoms with Gasteiger partial charge in [-0.1, -0.05) is 12.5 Å². The maximum Gasteiger partial charge on any atom is 0.161 e. The Morgan fingerprint density at radius 1 is 1.05 bits per heavy atom. The van der Waals surface area contributed by atoms with E-state index < -0.39 is 0 Å². The molecule has 1 aromatic rings. The third-order valence-electron chi connectivity index (χ3n) is 4.14. The summed E-state index contributed by atoms with van der Waals surface area (Å²) in [5.74, 6) is 2.75. The fourth-order valence-electron chi connectivity index (χ4n) is 3.01. The standard InChI is InChI=1S/C16H23NO2/c1(2-13-6-8-17-9-7-13)3-14-4-5-15-16(12-14)19-11-10-18-15/h4-5,12-13,17H,1-3,6-11H2. The maximum atomic E-state index is 5.63. The van der Waals surface area contributed by atoms with Gasteiger partial charge >= 0.3 is 0 Å². The first kappa shape index (κ1) is 12.8. The molecule has 2 aliphatic rings. The van der Waals surface area contributed by atoms with Gasteiger partial charge in [0.2, 0.25) is 0 Å². The van der Waals surface area contributed by atoms with Crippen molar-refractivity contribution in [2.75, 3.05) is 26.3 Å². The number of hydrogen-bond acceptors (Lipinski definition) is 3. The fourth-order valence-corrected chi connectivity index (χ4v) is 3.01. The van der Waals surface area contributed by atoms with Crippen LogP contribution in [-0.2, 0) is 6.42 Å². The predicted molar refractivity (Wildman–Crippen MR) is 76.0 cm³/mol. The van der Waals surface area contributed by atoms with E-state index in [1.807, 2.05) is 6.07 Å². The number of piperidine rings is 1. The van der Waals surface area contributed by atoms with Crippen molar-refractivity contribution in [3.05, 3.63) is 23.8 Å². The molecule has 1 saturated heterocycles. The third kappa shape index (κ3) is 3.41. The zero-order valence-electron chi connectivity index (χ0n) is 11.5. The summed E-state index contributed by atoms with van der Waals surface area (Å²) in [6, 6.07) is 6.38. The molecule has 1 aromatic carbocycles. The van der Waals surface area contributed by atoms with Crippen LogP contribution in [-0.4, -0.2) is 26.3 Å². The van der Waals surface area contributed by atoms with E-state index in [1.54, 1.807) is 0 Å². The van der Waals surface area contributed by atoms with Gasteiger partial charge in [-0.3, -0.25) is 0 Å². The van der Waals surface area contributed by atoms with Crippen LogP contribution in [0.3, 0.4) is 0 Å². The molecule has 0 unspecified atom stereocenters. The van der Waals surface area contributed by atoms with Crippen molar-refractivity contribution in [2.45, 2.75) is 32.1 Å². The highest BCUT2D eigenvalue weighted by Gasteiger charge is 2.14. The largest absolute Gasteiger partial charge is 0.486 e. The SMILES string of the molecule is c1cc2c(cc1CCCC1CCNCC1)OCCO2. The van der Waals surface area contributed by atoms with E-state index in [2.05, 4.69) is 17.4 Å². The highest BCUT2D eigenvalue weighted by molar-refractivity contribution is 5.43. The third-order valence-corrected chi connectivity index (χ3v) is 4.14. The zero-order valence-corrected chi connectivity index (χ0v) is 11.5. The van der Waals surface area contributed by atoms with E-state index in [0.29, 0.717) is 13.2 Å². The van der Waals surface area contributed by atoms with Crippen molar-refractivity contribution < 1.29 is 9.47 Å². The normalized spacial score (nSPS) is 19.4. The monoisotopic (exact) mass is 261 g/mol. The molecule has 19 heavy (non-hydrogen) atoms. The van der Waals surface area contributed by atoms with Crippen LogP contribution < -0.4 is 14.8 Å². The number of hydrogen-bond donors (Lipinski definition) is 1. The average molecular weight is 261 g/mol. The molecule has 0 aromatic heterocycles. The van der Waals surface area contributed by atoms with Gasteiger partial charge in [-0.25, -0.2) is 0 Å². The lowest BCUT2D eigenvalue weighted by Crippen LogP contribution is -2.27. The molecule has 0 aliphatic carbocycles. The quantitative estimate of drug-likeness (QED) is 0.904. The van der Waals surface area contributed by atoms with E-state index in [-0.39, 0.29) is 0 Å². The van der Waals surface area contributed by atoms with Gasteiger partial charge in [0, 0.05) is 0 Å². The van der Waals surface area contributed by atoms with Gasteiger partial charge < -0.3 is 14.8 Å². The Balaban J connectivity index is 1.49. The Bertz CT molecular complexity index is 413. The molecule has 104 valence electrons. The van der Waals surface area contributed by atoms with E-state index in [9.17, 15) is 0 Å². The summed E-state index contributed by atoms with van der Waals surface area (Å²) < 4.78 is 11.2. The Kier molecular flexibility index (Phi) is 4.23. The fraction of sp³-hybridized carbons (Fsp3) is 0.625. The molecule has 1 fully saturated rings. The van der Waals surface area contributed by atoms with Gasteiger partial charge in [-0.15, -0.1) is 0 Å². The first-order valence-electron chi connectivity index (χ1n) is 7.51. The second-order valence-corrected chi connectivity index (χ2v) is 5.56. The van der Waals surface area contributed by atoms with Crippen LogP contribution in [0, 0.1) is 5.92 Å². The molecule has 0 atom stereocenters. The number of aryl methyl sites for hydroxylation is 1. The van der Waals surface area contributed by atoms with Crippen LogP contribution in [0.2, 0.25) is 0 Å².